The van der Waals surface area contributed by atoms with E-state index in [2.05, 4.69) is 58.8 Å². The molecule has 2 nitrogen and oxygen atoms in total. The smallest absolute Gasteiger partial charge is 0.0936 e. The highest BCUT2D eigenvalue weighted by Gasteiger charge is 2.17. The minimum atomic E-state index is 0.167. The van der Waals surface area contributed by atoms with Gasteiger partial charge in [-0.15, -0.1) is 11.3 Å². The van der Waals surface area contributed by atoms with Crippen molar-refractivity contribution in [3.05, 3.63) is 15.6 Å². The van der Waals surface area contributed by atoms with Crippen LogP contribution in [0.4, 0.5) is 0 Å². The fourth-order valence-electron chi connectivity index (χ4n) is 1.53. The molecule has 0 spiro atoms. The SMILES string of the molecule is Cc1nc(CC(C)(C)C)sc1CNC(C)(C)C. The first kappa shape index (κ1) is 14.7. The van der Waals surface area contributed by atoms with Crippen LogP contribution in [0.1, 0.15) is 57.1 Å². The van der Waals surface area contributed by atoms with Gasteiger partial charge in [0.25, 0.3) is 0 Å². The molecule has 0 aliphatic carbocycles. The Labute approximate surface area is 110 Å². The van der Waals surface area contributed by atoms with Gasteiger partial charge in [-0.05, 0) is 33.1 Å². The van der Waals surface area contributed by atoms with Gasteiger partial charge in [0.2, 0.25) is 0 Å². The fraction of sp³-hybridized carbons (Fsp3) is 0.786. The van der Waals surface area contributed by atoms with E-state index < -0.39 is 0 Å². The number of hydrogen-bond donors (Lipinski definition) is 1. The standard InChI is InChI=1S/C14H26N2S/c1-10-11(9-15-14(5,6)7)17-12(16-10)8-13(2,3)4/h15H,8-9H2,1-7H3. The zero-order valence-electron chi connectivity index (χ0n) is 12.3. The quantitative estimate of drug-likeness (QED) is 0.884. The molecule has 1 aromatic rings. The van der Waals surface area contributed by atoms with E-state index in [1.807, 2.05) is 11.3 Å². The minimum absolute atomic E-state index is 0.167. The lowest BCUT2D eigenvalue weighted by molar-refractivity contribution is 0.410. The molecule has 3 heteroatoms. The van der Waals surface area contributed by atoms with Crippen molar-refractivity contribution in [2.24, 2.45) is 5.41 Å². The summed E-state index contributed by atoms with van der Waals surface area (Å²) in [6.07, 6.45) is 1.06. The van der Waals surface area contributed by atoms with Crippen LogP contribution in [0.3, 0.4) is 0 Å². The second-order valence-corrected chi connectivity index (χ2v) is 8.13. The van der Waals surface area contributed by atoms with Gasteiger partial charge in [0.1, 0.15) is 0 Å². The monoisotopic (exact) mass is 254 g/mol. The summed E-state index contributed by atoms with van der Waals surface area (Å²) in [5.74, 6) is 0. The third-order valence-corrected chi connectivity index (χ3v) is 3.56. The summed E-state index contributed by atoms with van der Waals surface area (Å²) in [6.45, 7) is 16.4. The van der Waals surface area contributed by atoms with E-state index in [0.29, 0.717) is 5.41 Å². The number of nitrogens with zero attached hydrogens (tertiary/aromatic N) is 1. The predicted octanol–water partition coefficient (Wildman–Crippen LogP) is 3.93. The number of thiazole rings is 1. The van der Waals surface area contributed by atoms with Gasteiger partial charge in [0, 0.05) is 23.4 Å². The lowest BCUT2D eigenvalue weighted by Gasteiger charge is -2.20. The topological polar surface area (TPSA) is 24.9 Å². The van der Waals surface area contributed by atoms with E-state index in [1.165, 1.54) is 15.6 Å². The van der Waals surface area contributed by atoms with Crippen molar-refractivity contribution >= 4 is 11.3 Å². The number of nitrogens with one attached hydrogen (secondary N) is 1. The Hall–Kier alpha value is -0.410. The molecule has 0 atom stereocenters. The van der Waals surface area contributed by atoms with E-state index >= 15 is 0 Å². The van der Waals surface area contributed by atoms with E-state index in [-0.39, 0.29) is 5.54 Å². The van der Waals surface area contributed by atoms with Crippen LogP contribution < -0.4 is 5.32 Å². The molecule has 0 fully saturated rings. The van der Waals surface area contributed by atoms with Crippen LogP contribution in [0.25, 0.3) is 0 Å². The first-order valence-corrected chi connectivity index (χ1v) is 7.09. The van der Waals surface area contributed by atoms with Gasteiger partial charge >= 0.3 is 0 Å². The summed E-state index contributed by atoms with van der Waals surface area (Å²) in [4.78, 5) is 6.05. The molecule has 0 aromatic carbocycles. The van der Waals surface area contributed by atoms with Crippen LogP contribution in [0.5, 0.6) is 0 Å². The van der Waals surface area contributed by atoms with Crippen molar-refractivity contribution in [2.75, 3.05) is 0 Å². The normalized spacial score (nSPS) is 13.1. The van der Waals surface area contributed by atoms with Gasteiger partial charge < -0.3 is 5.32 Å². The maximum atomic E-state index is 4.68. The Kier molecular flexibility index (Phi) is 4.37. The Morgan fingerprint density at radius 2 is 1.71 bits per heavy atom. The number of hydrogen-bond acceptors (Lipinski definition) is 3. The van der Waals surface area contributed by atoms with Crippen LogP contribution in [0, 0.1) is 12.3 Å². The lowest BCUT2D eigenvalue weighted by atomic mass is 9.93. The van der Waals surface area contributed by atoms with Gasteiger partial charge in [-0.25, -0.2) is 4.98 Å². The van der Waals surface area contributed by atoms with Gasteiger partial charge in [-0.2, -0.15) is 0 Å². The maximum absolute atomic E-state index is 4.68. The summed E-state index contributed by atoms with van der Waals surface area (Å²) in [7, 11) is 0. The molecular weight excluding hydrogens is 228 g/mol. The molecule has 0 bridgehead atoms. The summed E-state index contributed by atoms with van der Waals surface area (Å²) in [5, 5.41) is 4.79. The summed E-state index contributed by atoms with van der Waals surface area (Å²) in [6, 6.07) is 0. The van der Waals surface area contributed by atoms with Crippen LogP contribution >= 0.6 is 11.3 Å². The summed E-state index contributed by atoms with van der Waals surface area (Å²) < 4.78 is 0. The van der Waals surface area contributed by atoms with Crippen LogP contribution in [-0.2, 0) is 13.0 Å². The highest BCUT2D eigenvalue weighted by Crippen LogP contribution is 2.26. The van der Waals surface area contributed by atoms with Crippen molar-refractivity contribution in [3.8, 4) is 0 Å². The zero-order valence-corrected chi connectivity index (χ0v) is 13.1. The lowest BCUT2D eigenvalue weighted by Crippen LogP contribution is -2.34. The molecule has 0 saturated heterocycles. The summed E-state index contributed by atoms with van der Waals surface area (Å²) in [5.41, 5.74) is 1.67. The predicted molar refractivity (Wildman–Crippen MR) is 76.6 cm³/mol. The van der Waals surface area contributed by atoms with Crippen molar-refractivity contribution < 1.29 is 0 Å². The molecule has 1 aromatic heterocycles. The molecule has 0 aliphatic rings. The molecule has 0 unspecified atom stereocenters. The maximum Gasteiger partial charge on any atom is 0.0936 e. The van der Waals surface area contributed by atoms with E-state index in [9.17, 15) is 0 Å². The second-order valence-electron chi connectivity index (χ2n) is 6.96. The zero-order chi connectivity index (χ0) is 13.3. The Morgan fingerprint density at radius 3 is 2.18 bits per heavy atom. The Morgan fingerprint density at radius 1 is 1.12 bits per heavy atom. The third kappa shape index (κ3) is 5.64. The second kappa shape index (κ2) is 5.07. The average Bonchev–Trinajstić information content (AvgIpc) is 2.38. The largest absolute Gasteiger partial charge is 0.307 e. The van der Waals surface area contributed by atoms with Crippen molar-refractivity contribution in [2.45, 2.75) is 67.0 Å². The third-order valence-electron chi connectivity index (χ3n) is 2.40. The van der Waals surface area contributed by atoms with Gasteiger partial charge in [0.05, 0.1) is 10.7 Å². The van der Waals surface area contributed by atoms with Crippen molar-refractivity contribution in [3.63, 3.8) is 0 Å². The summed E-state index contributed by atoms with van der Waals surface area (Å²) >= 11 is 1.85. The van der Waals surface area contributed by atoms with Crippen molar-refractivity contribution in [1.29, 1.82) is 0 Å². The molecule has 98 valence electrons. The van der Waals surface area contributed by atoms with Gasteiger partial charge in [-0.3, -0.25) is 0 Å². The van der Waals surface area contributed by atoms with Crippen LogP contribution in [0.15, 0.2) is 0 Å². The number of aromatic nitrogens is 1. The molecule has 1 N–H and O–H groups in total. The Bertz CT molecular complexity index is 367. The van der Waals surface area contributed by atoms with Crippen molar-refractivity contribution in [1.82, 2.24) is 10.3 Å². The molecule has 0 radical (unpaired) electrons. The first-order valence-electron chi connectivity index (χ1n) is 6.27. The number of rotatable bonds is 3. The average molecular weight is 254 g/mol. The van der Waals surface area contributed by atoms with E-state index in [1.54, 1.807) is 0 Å². The van der Waals surface area contributed by atoms with Crippen LogP contribution in [0.2, 0.25) is 0 Å². The Balaban J connectivity index is 2.69. The molecular formula is C14H26N2S. The van der Waals surface area contributed by atoms with Crippen LogP contribution in [-0.4, -0.2) is 10.5 Å². The van der Waals surface area contributed by atoms with E-state index in [0.717, 1.165) is 13.0 Å². The van der Waals surface area contributed by atoms with Gasteiger partial charge in [-0.1, -0.05) is 20.8 Å². The van der Waals surface area contributed by atoms with Gasteiger partial charge in [0.15, 0.2) is 0 Å². The molecule has 1 heterocycles. The highest BCUT2D eigenvalue weighted by atomic mass is 32.1. The fourth-order valence-corrected chi connectivity index (χ4v) is 2.84. The molecule has 0 saturated carbocycles. The molecule has 0 aliphatic heterocycles. The number of aryl methyl sites for hydroxylation is 1. The van der Waals surface area contributed by atoms with E-state index in [4.69, 9.17) is 0 Å². The molecule has 0 amide bonds. The highest BCUT2D eigenvalue weighted by molar-refractivity contribution is 7.11. The first-order chi connectivity index (χ1) is 7.57. The minimum Gasteiger partial charge on any atom is -0.307 e. The molecule has 1 rings (SSSR count). The molecule has 17 heavy (non-hydrogen) atoms.